The van der Waals surface area contributed by atoms with Crippen LogP contribution in [0.15, 0.2) is 39.0 Å². The molecule has 0 atom stereocenters. The van der Waals surface area contributed by atoms with Crippen molar-refractivity contribution in [3.63, 3.8) is 0 Å². The Morgan fingerprint density at radius 1 is 1.43 bits per heavy atom. The van der Waals surface area contributed by atoms with E-state index in [1.165, 1.54) is 23.5 Å². The van der Waals surface area contributed by atoms with Gasteiger partial charge in [0.2, 0.25) is 0 Å². The van der Waals surface area contributed by atoms with Gasteiger partial charge in [0.1, 0.15) is 11.3 Å². The summed E-state index contributed by atoms with van der Waals surface area (Å²) in [6.07, 6.45) is 1.59. The van der Waals surface area contributed by atoms with Gasteiger partial charge in [-0.1, -0.05) is 11.6 Å². The summed E-state index contributed by atoms with van der Waals surface area (Å²) in [6, 6.07) is 4.53. The number of anilines is 1. The molecule has 2 heterocycles. The van der Waals surface area contributed by atoms with Gasteiger partial charge < -0.3 is 9.15 Å². The molecule has 0 aliphatic rings. The first kappa shape index (κ1) is 15.5. The van der Waals surface area contributed by atoms with Gasteiger partial charge in [-0.05, 0) is 18.6 Å². The van der Waals surface area contributed by atoms with E-state index in [1.807, 2.05) is 0 Å². The number of benzene rings is 1. The predicted octanol–water partition coefficient (Wildman–Crippen LogP) is 3.23. The van der Waals surface area contributed by atoms with Crippen molar-refractivity contribution in [2.75, 3.05) is 11.9 Å². The van der Waals surface area contributed by atoms with E-state index < -0.39 is 5.63 Å². The molecule has 8 heteroatoms. The second kappa shape index (κ2) is 6.39. The zero-order valence-electron chi connectivity index (χ0n) is 12.0. The Hall–Kier alpha value is -2.38. The van der Waals surface area contributed by atoms with Gasteiger partial charge in [0.15, 0.2) is 11.7 Å². The minimum Gasteiger partial charge on any atom is -0.482 e. The van der Waals surface area contributed by atoms with Crippen LogP contribution in [0.2, 0.25) is 5.02 Å². The molecule has 1 aromatic carbocycles. The van der Waals surface area contributed by atoms with Crippen molar-refractivity contribution in [1.82, 2.24) is 4.98 Å². The summed E-state index contributed by atoms with van der Waals surface area (Å²) in [4.78, 5) is 27.2. The molecule has 0 saturated carbocycles. The summed E-state index contributed by atoms with van der Waals surface area (Å²) in [7, 11) is 0. The maximum absolute atomic E-state index is 11.8. The number of hydrogen-bond acceptors (Lipinski definition) is 6. The van der Waals surface area contributed by atoms with Crippen molar-refractivity contribution >= 4 is 44.9 Å². The van der Waals surface area contributed by atoms with Gasteiger partial charge in [-0.2, -0.15) is 0 Å². The first-order valence-electron chi connectivity index (χ1n) is 6.59. The molecule has 0 radical (unpaired) electrons. The largest absolute Gasteiger partial charge is 0.482 e. The molecule has 0 aliphatic carbocycles. The van der Waals surface area contributed by atoms with Crippen LogP contribution in [0.3, 0.4) is 0 Å². The number of aromatic nitrogens is 1. The van der Waals surface area contributed by atoms with Crippen molar-refractivity contribution < 1.29 is 13.9 Å². The Kier molecular flexibility index (Phi) is 4.31. The average molecular weight is 351 g/mol. The zero-order valence-corrected chi connectivity index (χ0v) is 13.5. The average Bonchev–Trinajstić information content (AvgIpc) is 2.99. The lowest BCUT2D eigenvalue weighted by Crippen LogP contribution is -2.20. The molecule has 0 spiro atoms. The van der Waals surface area contributed by atoms with Crippen molar-refractivity contribution in [3.8, 4) is 5.75 Å². The second-order valence-electron chi connectivity index (χ2n) is 4.70. The number of carbonyl (C=O) groups is 1. The maximum atomic E-state index is 11.8. The molecule has 118 valence electrons. The van der Waals surface area contributed by atoms with E-state index >= 15 is 0 Å². The number of nitrogens with one attached hydrogen (secondary N) is 1. The van der Waals surface area contributed by atoms with Gasteiger partial charge >= 0.3 is 5.63 Å². The van der Waals surface area contributed by atoms with Gasteiger partial charge in [-0.3, -0.25) is 10.1 Å². The number of aryl methyl sites for hydroxylation is 1. The van der Waals surface area contributed by atoms with Gasteiger partial charge in [0.05, 0.1) is 5.02 Å². The molecular weight excluding hydrogens is 340 g/mol. The standard InChI is InChI=1S/C15H11ClN2O4S/c1-8-4-14(20)22-11-6-12(10(16)5-9(8)11)21-7-13(19)18-15-17-2-3-23-15/h2-6H,7H2,1H3,(H,17,18,19). The Morgan fingerprint density at radius 3 is 3.00 bits per heavy atom. The molecule has 3 aromatic rings. The Bertz CT molecular complexity index is 921. The molecule has 0 fully saturated rings. The molecule has 1 N–H and O–H groups in total. The fraction of sp³-hybridized carbons (Fsp3) is 0.133. The quantitative estimate of drug-likeness (QED) is 0.730. The smallest absolute Gasteiger partial charge is 0.336 e. The van der Waals surface area contributed by atoms with Crippen LogP contribution < -0.4 is 15.7 Å². The first-order chi connectivity index (χ1) is 11.0. The lowest BCUT2D eigenvalue weighted by atomic mass is 10.1. The van der Waals surface area contributed by atoms with E-state index in [4.69, 9.17) is 20.8 Å². The van der Waals surface area contributed by atoms with Gasteiger partial charge in [0, 0.05) is 29.1 Å². The third kappa shape index (κ3) is 3.52. The lowest BCUT2D eigenvalue weighted by molar-refractivity contribution is -0.118. The van der Waals surface area contributed by atoms with E-state index in [9.17, 15) is 9.59 Å². The molecule has 0 aliphatic heterocycles. The third-order valence-corrected chi connectivity index (χ3v) is 4.03. The fourth-order valence-electron chi connectivity index (χ4n) is 2.01. The molecule has 23 heavy (non-hydrogen) atoms. The Labute approximate surface area is 139 Å². The number of fused-ring (bicyclic) bond motifs is 1. The van der Waals surface area contributed by atoms with E-state index in [1.54, 1.807) is 24.6 Å². The molecule has 3 rings (SSSR count). The number of ether oxygens (including phenoxy) is 1. The minimum atomic E-state index is -0.454. The highest BCUT2D eigenvalue weighted by Gasteiger charge is 2.11. The molecule has 0 unspecified atom stereocenters. The Morgan fingerprint density at radius 2 is 2.26 bits per heavy atom. The molecular formula is C15H11ClN2O4S. The summed E-state index contributed by atoms with van der Waals surface area (Å²) in [6.45, 7) is 1.55. The summed E-state index contributed by atoms with van der Waals surface area (Å²) >= 11 is 7.46. The van der Waals surface area contributed by atoms with Crippen molar-refractivity contribution in [2.24, 2.45) is 0 Å². The van der Waals surface area contributed by atoms with Crippen LogP contribution in [0.25, 0.3) is 11.0 Å². The number of nitrogens with zero attached hydrogens (tertiary/aromatic N) is 1. The van der Waals surface area contributed by atoms with Crippen LogP contribution in [0.4, 0.5) is 5.13 Å². The fourth-order valence-corrected chi connectivity index (χ4v) is 2.78. The highest BCUT2D eigenvalue weighted by atomic mass is 35.5. The molecule has 0 saturated heterocycles. The molecule has 2 aromatic heterocycles. The Balaban J connectivity index is 1.78. The van der Waals surface area contributed by atoms with Crippen LogP contribution in [-0.4, -0.2) is 17.5 Å². The third-order valence-electron chi connectivity index (χ3n) is 3.04. The zero-order chi connectivity index (χ0) is 16.4. The highest BCUT2D eigenvalue weighted by Crippen LogP contribution is 2.31. The minimum absolute atomic E-state index is 0.235. The van der Waals surface area contributed by atoms with E-state index in [0.717, 1.165) is 5.56 Å². The maximum Gasteiger partial charge on any atom is 0.336 e. The van der Waals surface area contributed by atoms with Crippen LogP contribution >= 0.6 is 22.9 Å². The topological polar surface area (TPSA) is 81.4 Å². The summed E-state index contributed by atoms with van der Waals surface area (Å²) in [5.74, 6) is -0.0935. The molecule has 6 nitrogen and oxygen atoms in total. The van der Waals surface area contributed by atoms with Crippen molar-refractivity contribution in [2.45, 2.75) is 6.92 Å². The molecule has 0 bridgehead atoms. The first-order valence-corrected chi connectivity index (χ1v) is 7.85. The number of amides is 1. The van der Waals surface area contributed by atoms with Crippen LogP contribution in [0.1, 0.15) is 5.56 Å². The highest BCUT2D eigenvalue weighted by molar-refractivity contribution is 7.13. The van der Waals surface area contributed by atoms with E-state index in [-0.39, 0.29) is 18.3 Å². The number of thiazole rings is 1. The van der Waals surface area contributed by atoms with Crippen LogP contribution in [-0.2, 0) is 4.79 Å². The number of rotatable bonds is 4. The monoisotopic (exact) mass is 350 g/mol. The van der Waals surface area contributed by atoms with Crippen LogP contribution in [0, 0.1) is 6.92 Å². The van der Waals surface area contributed by atoms with Gasteiger partial charge in [-0.25, -0.2) is 9.78 Å². The van der Waals surface area contributed by atoms with Crippen molar-refractivity contribution in [1.29, 1.82) is 0 Å². The normalized spacial score (nSPS) is 10.7. The van der Waals surface area contributed by atoms with Gasteiger partial charge in [0.25, 0.3) is 5.91 Å². The van der Waals surface area contributed by atoms with E-state index in [0.29, 0.717) is 21.1 Å². The number of halogens is 1. The number of hydrogen-bond donors (Lipinski definition) is 1. The van der Waals surface area contributed by atoms with Crippen LogP contribution in [0.5, 0.6) is 5.75 Å². The van der Waals surface area contributed by atoms with Gasteiger partial charge in [-0.15, -0.1) is 11.3 Å². The predicted molar refractivity (Wildman–Crippen MR) is 88.5 cm³/mol. The van der Waals surface area contributed by atoms with Crippen molar-refractivity contribution in [3.05, 3.63) is 50.8 Å². The lowest BCUT2D eigenvalue weighted by Gasteiger charge is -2.09. The number of carbonyl (C=O) groups excluding carboxylic acids is 1. The second-order valence-corrected chi connectivity index (χ2v) is 6.00. The summed E-state index contributed by atoms with van der Waals surface area (Å²) in [5, 5.41) is 5.88. The van der Waals surface area contributed by atoms with E-state index in [2.05, 4.69) is 10.3 Å². The summed E-state index contributed by atoms with van der Waals surface area (Å²) in [5.41, 5.74) is 0.658. The molecule has 1 amide bonds. The SMILES string of the molecule is Cc1cc(=O)oc2cc(OCC(=O)Nc3nccs3)c(Cl)cc12. The summed E-state index contributed by atoms with van der Waals surface area (Å²) < 4.78 is 10.5.